The van der Waals surface area contributed by atoms with E-state index in [1.807, 2.05) is 24.3 Å². The van der Waals surface area contributed by atoms with Crippen molar-refractivity contribution >= 4 is 0 Å². The van der Waals surface area contributed by atoms with Crippen molar-refractivity contribution in [2.24, 2.45) is 0 Å². The zero-order valence-corrected chi connectivity index (χ0v) is 14.1. The Hall–Kier alpha value is -1.22. The molecule has 0 radical (unpaired) electrons. The second kappa shape index (κ2) is 9.67. The Morgan fingerprint density at radius 1 is 0.905 bits per heavy atom. The molecule has 0 saturated carbocycles. The third-order valence-corrected chi connectivity index (χ3v) is 3.04. The van der Waals surface area contributed by atoms with Crippen LogP contribution in [0.2, 0.25) is 0 Å². The summed E-state index contributed by atoms with van der Waals surface area (Å²) in [6.07, 6.45) is 4.46. The summed E-state index contributed by atoms with van der Waals surface area (Å²) in [7, 11) is 0. The van der Waals surface area contributed by atoms with Gasteiger partial charge in [0.05, 0.1) is 13.2 Å². The summed E-state index contributed by atoms with van der Waals surface area (Å²) in [4.78, 5) is 0. The predicted molar refractivity (Wildman–Crippen MR) is 89.3 cm³/mol. The minimum Gasteiger partial charge on any atom is -0.490 e. The van der Waals surface area contributed by atoms with E-state index >= 15 is 0 Å². The van der Waals surface area contributed by atoms with Crippen molar-refractivity contribution in [3.05, 3.63) is 24.3 Å². The predicted octanol–water partition coefficient (Wildman–Crippen LogP) is 4.41. The molecule has 3 heteroatoms. The molecule has 0 amide bonds. The summed E-state index contributed by atoms with van der Waals surface area (Å²) in [5.41, 5.74) is 0.214. The lowest BCUT2D eigenvalue weighted by Gasteiger charge is -2.20. The molecule has 21 heavy (non-hydrogen) atoms. The Morgan fingerprint density at radius 3 is 2.10 bits per heavy atom. The third kappa shape index (κ3) is 8.61. The second-order valence-electron chi connectivity index (χ2n) is 6.38. The molecule has 0 aliphatic carbocycles. The molecule has 120 valence electrons. The summed E-state index contributed by atoms with van der Waals surface area (Å²) in [6, 6.07) is 7.92. The van der Waals surface area contributed by atoms with E-state index in [0.29, 0.717) is 0 Å². The topological polar surface area (TPSA) is 30.5 Å². The lowest BCUT2D eigenvalue weighted by atomic mass is 10.1. The average molecular weight is 293 g/mol. The first kappa shape index (κ1) is 17.8. The van der Waals surface area contributed by atoms with Crippen LogP contribution in [0.3, 0.4) is 0 Å². The van der Waals surface area contributed by atoms with Gasteiger partial charge in [0.1, 0.15) is 0 Å². The largest absolute Gasteiger partial charge is 0.490 e. The summed E-state index contributed by atoms with van der Waals surface area (Å²) in [6.45, 7) is 11.3. The first-order chi connectivity index (χ1) is 10.0. The van der Waals surface area contributed by atoms with Gasteiger partial charge in [-0.15, -0.1) is 0 Å². The molecular weight excluding hydrogens is 262 g/mol. The zero-order chi connectivity index (χ0) is 15.6. The fraction of sp³-hybridized carbons (Fsp3) is 0.667. The highest BCUT2D eigenvalue weighted by molar-refractivity contribution is 5.39. The van der Waals surface area contributed by atoms with Gasteiger partial charge in [-0.25, -0.2) is 0 Å². The molecule has 1 rings (SSSR count). The van der Waals surface area contributed by atoms with Gasteiger partial charge in [0.25, 0.3) is 0 Å². The van der Waals surface area contributed by atoms with Crippen LogP contribution < -0.4 is 14.8 Å². The molecule has 1 N–H and O–H groups in total. The van der Waals surface area contributed by atoms with Gasteiger partial charge in [-0.2, -0.15) is 0 Å². The molecule has 0 bridgehead atoms. The molecule has 1 aromatic rings. The van der Waals surface area contributed by atoms with E-state index in [4.69, 9.17) is 9.47 Å². The number of hydrogen-bond donors (Lipinski definition) is 1. The summed E-state index contributed by atoms with van der Waals surface area (Å²) in [5, 5.41) is 3.50. The molecule has 0 atom stereocenters. The van der Waals surface area contributed by atoms with Crippen LogP contribution in [0.1, 0.15) is 53.4 Å². The molecule has 0 aliphatic rings. The highest BCUT2D eigenvalue weighted by atomic mass is 16.5. The van der Waals surface area contributed by atoms with Crippen molar-refractivity contribution in [1.29, 1.82) is 0 Å². The van der Waals surface area contributed by atoms with Gasteiger partial charge in [0.2, 0.25) is 0 Å². The maximum absolute atomic E-state index is 5.84. The van der Waals surface area contributed by atoms with Gasteiger partial charge in [-0.1, -0.05) is 19.1 Å². The molecule has 1 aromatic carbocycles. The maximum Gasteiger partial charge on any atom is 0.161 e. The Labute approximate surface area is 130 Å². The fourth-order valence-corrected chi connectivity index (χ4v) is 1.95. The number of nitrogens with one attached hydrogen (secondary N) is 1. The van der Waals surface area contributed by atoms with Gasteiger partial charge in [0, 0.05) is 5.54 Å². The van der Waals surface area contributed by atoms with Crippen molar-refractivity contribution in [3.8, 4) is 11.5 Å². The molecule has 0 aliphatic heterocycles. The van der Waals surface area contributed by atoms with Crippen molar-refractivity contribution in [2.45, 2.75) is 58.9 Å². The van der Waals surface area contributed by atoms with Gasteiger partial charge in [0.15, 0.2) is 11.5 Å². The highest BCUT2D eigenvalue weighted by Gasteiger charge is 2.07. The standard InChI is InChI=1S/C18H31NO2/c1-5-14-20-16-11-7-8-12-17(16)21-15-10-6-9-13-19-18(2,3)4/h7-8,11-12,19H,5-6,9-10,13-15H2,1-4H3. The fourth-order valence-electron chi connectivity index (χ4n) is 1.95. The lowest BCUT2D eigenvalue weighted by molar-refractivity contribution is 0.262. The minimum atomic E-state index is 0.214. The van der Waals surface area contributed by atoms with Crippen molar-refractivity contribution in [2.75, 3.05) is 19.8 Å². The monoisotopic (exact) mass is 293 g/mol. The van der Waals surface area contributed by atoms with Gasteiger partial charge in [-0.3, -0.25) is 0 Å². The van der Waals surface area contributed by atoms with Crippen LogP contribution in [0.4, 0.5) is 0 Å². The molecular formula is C18H31NO2. The van der Waals surface area contributed by atoms with E-state index in [-0.39, 0.29) is 5.54 Å². The first-order valence-electron chi connectivity index (χ1n) is 8.12. The first-order valence-corrected chi connectivity index (χ1v) is 8.12. The van der Waals surface area contributed by atoms with Crippen LogP contribution in [0.25, 0.3) is 0 Å². The average Bonchev–Trinajstić information content (AvgIpc) is 2.44. The van der Waals surface area contributed by atoms with Crippen molar-refractivity contribution in [1.82, 2.24) is 5.32 Å². The van der Waals surface area contributed by atoms with E-state index in [1.54, 1.807) is 0 Å². The number of para-hydroxylation sites is 2. The van der Waals surface area contributed by atoms with Crippen LogP contribution in [0.15, 0.2) is 24.3 Å². The Morgan fingerprint density at radius 2 is 1.52 bits per heavy atom. The van der Waals surface area contributed by atoms with Crippen LogP contribution >= 0.6 is 0 Å². The normalized spacial score (nSPS) is 11.4. The lowest BCUT2D eigenvalue weighted by Crippen LogP contribution is -2.36. The summed E-state index contributed by atoms with van der Waals surface area (Å²) >= 11 is 0. The van der Waals surface area contributed by atoms with Crippen LogP contribution in [0.5, 0.6) is 11.5 Å². The quantitative estimate of drug-likeness (QED) is 0.648. The Balaban J connectivity index is 2.18. The summed E-state index contributed by atoms with van der Waals surface area (Å²) < 4.78 is 11.5. The van der Waals surface area contributed by atoms with Crippen LogP contribution in [0, 0.1) is 0 Å². The third-order valence-electron chi connectivity index (χ3n) is 3.04. The van der Waals surface area contributed by atoms with E-state index in [2.05, 4.69) is 33.0 Å². The Kier molecular flexibility index (Phi) is 8.21. The molecule has 0 fully saturated rings. The van der Waals surface area contributed by atoms with Crippen LogP contribution in [-0.4, -0.2) is 25.3 Å². The van der Waals surface area contributed by atoms with Crippen molar-refractivity contribution < 1.29 is 9.47 Å². The zero-order valence-electron chi connectivity index (χ0n) is 14.1. The molecule has 0 aromatic heterocycles. The minimum absolute atomic E-state index is 0.214. The molecule has 3 nitrogen and oxygen atoms in total. The van der Waals surface area contributed by atoms with E-state index in [9.17, 15) is 0 Å². The number of benzene rings is 1. The maximum atomic E-state index is 5.84. The molecule has 0 unspecified atom stereocenters. The highest BCUT2D eigenvalue weighted by Crippen LogP contribution is 2.26. The van der Waals surface area contributed by atoms with E-state index in [0.717, 1.165) is 44.1 Å². The van der Waals surface area contributed by atoms with Crippen LogP contribution in [-0.2, 0) is 0 Å². The summed E-state index contributed by atoms with van der Waals surface area (Å²) in [5.74, 6) is 1.72. The van der Waals surface area contributed by atoms with Gasteiger partial charge < -0.3 is 14.8 Å². The smallest absolute Gasteiger partial charge is 0.161 e. The number of hydrogen-bond acceptors (Lipinski definition) is 3. The number of unbranched alkanes of at least 4 members (excludes halogenated alkanes) is 2. The SMILES string of the molecule is CCCOc1ccccc1OCCCCCNC(C)(C)C. The van der Waals surface area contributed by atoms with Gasteiger partial charge >= 0.3 is 0 Å². The van der Waals surface area contributed by atoms with E-state index in [1.165, 1.54) is 12.8 Å². The second-order valence-corrected chi connectivity index (χ2v) is 6.38. The van der Waals surface area contributed by atoms with E-state index < -0.39 is 0 Å². The number of rotatable bonds is 10. The number of ether oxygens (including phenoxy) is 2. The molecule has 0 heterocycles. The Bertz CT molecular complexity index is 385. The van der Waals surface area contributed by atoms with Gasteiger partial charge in [-0.05, 0) is 65.1 Å². The van der Waals surface area contributed by atoms with Crippen molar-refractivity contribution in [3.63, 3.8) is 0 Å². The molecule has 0 saturated heterocycles. The molecule has 0 spiro atoms.